The van der Waals surface area contributed by atoms with Crippen molar-refractivity contribution in [3.05, 3.63) is 47.7 Å². The van der Waals surface area contributed by atoms with E-state index in [0.29, 0.717) is 13.1 Å². The average molecular weight is 326 g/mol. The molecular weight excluding hydrogens is 300 g/mol. The van der Waals surface area contributed by atoms with E-state index in [2.05, 4.69) is 23.1 Å². The Balaban J connectivity index is 1.91. The van der Waals surface area contributed by atoms with Gasteiger partial charge in [0.2, 0.25) is 0 Å². The fourth-order valence-corrected chi connectivity index (χ4v) is 2.84. The standard InChI is InChI=1S/C19H26N4O/c1-3-21(4-2)16-18(14-20)19(24)23-12-10-22(11-13-23)15-17-8-6-5-7-9-17/h5-9,16H,3-4,10-13,15H2,1-2H3/b18-16-. The van der Waals surface area contributed by atoms with E-state index >= 15 is 0 Å². The summed E-state index contributed by atoms with van der Waals surface area (Å²) in [4.78, 5) is 18.7. The third-order valence-corrected chi connectivity index (χ3v) is 4.38. The molecule has 0 unspecified atom stereocenters. The lowest BCUT2D eigenvalue weighted by Gasteiger charge is -2.34. The summed E-state index contributed by atoms with van der Waals surface area (Å²) in [6.45, 7) is 9.54. The molecule has 0 bridgehead atoms. The molecule has 2 rings (SSSR count). The van der Waals surface area contributed by atoms with Crippen molar-refractivity contribution in [2.45, 2.75) is 20.4 Å². The normalized spacial score (nSPS) is 15.9. The minimum Gasteiger partial charge on any atom is -0.377 e. The van der Waals surface area contributed by atoms with Gasteiger partial charge in [0.25, 0.3) is 5.91 Å². The van der Waals surface area contributed by atoms with Crippen LogP contribution >= 0.6 is 0 Å². The van der Waals surface area contributed by atoms with Crippen molar-refractivity contribution in [3.63, 3.8) is 0 Å². The van der Waals surface area contributed by atoms with E-state index in [9.17, 15) is 10.1 Å². The van der Waals surface area contributed by atoms with Crippen LogP contribution in [0.2, 0.25) is 0 Å². The number of rotatable bonds is 6. The lowest BCUT2D eigenvalue weighted by Crippen LogP contribution is -2.48. The minimum absolute atomic E-state index is 0.149. The number of nitriles is 1. The molecule has 5 heteroatoms. The van der Waals surface area contributed by atoms with Gasteiger partial charge in [0.15, 0.2) is 0 Å². The van der Waals surface area contributed by atoms with Crippen molar-refractivity contribution >= 4 is 5.91 Å². The van der Waals surface area contributed by atoms with Gasteiger partial charge in [-0.1, -0.05) is 30.3 Å². The second kappa shape index (κ2) is 9.09. The smallest absolute Gasteiger partial charge is 0.266 e. The van der Waals surface area contributed by atoms with Gasteiger partial charge in [-0.3, -0.25) is 9.69 Å². The van der Waals surface area contributed by atoms with Gasteiger partial charge in [0.05, 0.1) is 0 Å². The lowest BCUT2D eigenvalue weighted by atomic mass is 10.2. The minimum atomic E-state index is -0.149. The van der Waals surface area contributed by atoms with E-state index in [-0.39, 0.29) is 11.5 Å². The van der Waals surface area contributed by atoms with Crippen molar-refractivity contribution in [3.8, 4) is 6.07 Å². The van der Waals surface area contributed by atoms with Crippen LogP contribution in [-0.2, 0) is 11.3 Å². The van der Waals surface area contributed by atoms with Gasteiger partial charge in [-0.15, -0.1) is 0 Å². The zero-order chi connectivity index (χ0) is 17.4. The Kier molecular flexibility index (Phi) is 6.83. The molecule has 1 aliphatic rings. The summed E-state index contributed by atoms with van der Waals surface area (Å²) in [5, 5.41) is 9.31. The summed E-state index contributed by atoms with van der Waals surface area (Å²) in [6, 6.07) is 12.4. The molecule has 0 N–H and O–H groups in total. The predicted octanol–water partition coefficient (Wildman–Crippen LogP) is 2.08. The molecule has 1 aliphatic heterocycles. The van der Waals surface area contributed by atoms with E-state index in [0.717, 1.165) is 32.7 Å². The summed E-state index contributed by atoms with van der Waals surface area (Å²) in [5.41, 5.74) is 1.52. The maximum Gasteiger partial charge on any atom is 0.266 e. The topological polar surface area (TPSA) is 50.6 Å². The van der Waals surface area contributed by atoms with E-state index in [1.807, 2.05) is 36.9 Å². The molecule has 1 aromatic carbocycles. The molecule has 1 amide bonds. The van der Waals surface area contributed by atoms with E-state index in [1.165, 1.54) is 5.56 Å². The van der Waals surface area contributed by atoms with E-state index in [4.69, 9.17) is 0 Å². The largest absolute Gasteiger partial charge is 0.377 e. The number of benzene rings is 1. The van der Waals surface area contributed by atoms with Crippen LogP contribution in [0.25, 0.3) is 0 Å². The highest BCUT2D eigenvalue weighted by Crippen LogP contribution is 2.11. The Morgan fingerprint density at radius 1 is 1.17 bits per heavy atom. The first kappa shape index (κ1) is 18.0. The molecule has 1 fully saturated rings. The highest BCUT2D eigenvalue weighted by molar-refractivity contribution is 5.97. The number of nitrogens with zero attached hydrogens (tertiary/aromatic N) is 4. The fourth-order valence-electron chi connectivity index (χ4n) is 2.84. The molecule has 0 aliphatic carbocycles. The number of piperazine rings is 1. The highest BCUT2D eigenvalue weighted by atomic mass is 16.2. The van der Waals surface area contributed by atoms with E-state index < -0.39 is 0 Å². The SMILES string of the molecule is CCN(/C=C(/C#N)C(=O)N1CCN(Cc2ccccc2)CC1)CC. The maximum absolute atomic E-state index is 12.6. The van der Waals surface area contributed by atoms with Gasteiger partial charge >= 0.3 is 0 Å². The molecule has 0 spiro atoms. The summed E-state index contributed by atoms with van der Waals surface area (Å²) in [6.07, 6.45) is 1.69. The monoisotopic (exact) mass is 326 g/mol. The highest BCUT2D eigenvalue weighted by Gasteiger charge is 2.24. The Bertz CT molecular complexity index is 594. The zero-order valence-electron chi connectivity index (χ0n) is 14.6. The van der Waals surface area contributed by atoms with Crippen molar-refractivity contribution in [1.29, 1.82) is 5.26 Å². The van der Waals surface area contributed by atoms with Gasteiger partial charge in [-0.2, -0.15) is 5.26 Å². The average Bonchev–Trinajstić information content (AvgIpc) is 2.64. The van der Waals surface area contributed by atoms with Gasteiger partial charge < -0.3 is 9.80 Å². The van der Waals surface area contributed by atoms with Crippen LogP contribution in [0.15, 0.2) is 42.1 Å². The van der Waals surface area contributed by atoms with Crippen LogP contribution in [0.4, 0.5) is 0 Å². The molecule has 0 saturated carbocycles. The molecule has 0 atom stereocenters. The van der Waals surface area contributed by atoms with Crippen molar-refractivity contribution in [2.24, 2.45) is 0 Å². The first-order valence-corrected chi connectivity index (χ1v) is 8.59. The van der Waals surface area contributed by atoms with Gasteiger partial charge in [-0.25, -0.2) is 0 Å². The van der Waals surface area contributed by atoms with Crippen LogP contribution in [-0.4, -0.2) is 59.9 Å². The number of carbonyl (C=O) groups is 1. The summed E-state index contributed by atoms with van der Waals surface area (Å²) in [5.74, 6) is -0.149. The quantitative estimate of drug-likeness (QED) is 0.593. The van der Waals surface area contributed by atoms with Crippen LogP contribution in [0.3, 0.4) is 0 Å². The van der Waals surface area contributed by atoms with Crippen LogP contribution < -0.4 is 0 Å². The molecule has 1 saturated heterocycles. The lowest BCUT2D eigenvalue weighted by molar-refractivity contribution is -0.128. The van der Waals surface area contributed by atoms with Crippen molar-refractivity contribution in [2.75, 3.05) is 39.3 Å². The van der Waals surface area contributed by atoms with Crippen LogP contribution in [0.1, 0.15) is 19.4 Å². The van der Waals surface area contributed by atoms with Crippen LogP contribution in [0, 0.1) is 11.3 Å². The van der Waals surface area contributed by atoms with Crippen molar-refractivity contribution in [1.82, 2.24) is 14.7 Å². The molecule has 1 heterocycles. The third-order valence-electron chi connectivity index (χ3n) is 4.38. The summed E-state index contributed by atoms with van der Waals surface area (Å²) >= 11 is 0. The molecule has 24 heavy (non-hydrogen) atoms. The van der Waals surface area contributed by atoms with Gasteiger partial charge in [0.1, 0.15) is 11.6 Å². The second-order valence-electron chi connectivity index (χ2n) is 5.93. The zero-order valence-corrected chi connectivity index (χ0v) is 14.6. The number of hydrogen-bond acceptors (Lipinski definition) is 4. The van der Waals surface area contributed by atoms with Crippen molar-refractivity contribution < 1.29 is 4.79 Å². The number of amides is 1. The Morgan fingerprint density at radius 3 is 2.33 bits per heavy atom. The molecule has 0 aromatic heterocycles. The molecule has 1 aromatic rings. The maximum atomic E-state index is 12.6. The van der Waals surface area contributed by atoms with Gasteiger partial charge in [0, 0.05) is 52.0 Å². The predicted molar refractivity (Wildman–Crippen MR) is 94.9 cm³/mol. The number of carbonyl (C=O) groups excluding carboxylic acids is 1. The Labute approximate surface area is 144 Å². The number of hydrogen-bond donors (Lipinski definition) is 0. The fraction of sp³-hybridized carbons (Fsp3) is 0.474. The summed E-state index contributed by atoms with van der Waals surface area (Å²) in [7, 11) is 0. The van der Waals surface area contributed by atoms with Gasteiger partial charge in [-0.05, 0) is 19.4 Å². The molecule has 0 radical (unpaired) electrons. The molecule has 5 nitrogen and oxygen atoms in total. The Morgan fingerprint density at radius 2 is 1.79 bits per heavy atom. The van der Waals surface area contributed by atoms with E-state index in [1.54, 1.807) is 11.1 Å². The Hall–Kier alpha value is -2.32. The summed E-state index contributed by atoms with van der Waals surface area (Å²) < 4.78 is 0. The first-order valence-electron chi connectivity index (χ1n) is 8.59. The second-order valence-corrected chi connectivity index (χ2v) is 5.93. The molecule has 128 valence electrons. The third kappa shape index (κ3) is 4.84. The first-order chi connectivity index (χ1) is 11.7. The van der Waals surface area contributed by atoms with Crippen LogP contribution in [0.5, 0.6) is 0 Å². The molecular formula is C19H26N4O.